The lowest BCUT2D eigenvalue weighted by atomic mass is 10.2. The normalized spacial score (nSPS) is 15.9. The van der Waals surface area contributed by atoms with Crippen LogP contribution in [0.4, 0.5) is 21.7 Å². The average Bonchev–Trinajstić information content (AvgIpc) is 3.12. The zero-order valence-corrected chi connectivity index (χ0v) is 15.5. The Morgan fingerprint density at radius 1 is 1.36 bits per heavy atom. The number of pyridine rings is 1. The topological polar surface area (TPSA) is 100 Å². The van der Waals surface area contributed by atoms with Crippen LogP contribution in [0.25, 0.3) is 0 Å². The molecule has 8 heteroatoms. The van der Waals surface area contributed by atoms with E-state index >= 15 is 0 Å². The van der Waals surface area contributed by atoms with Crippen molar-refractivity contribution in [2.24, 2.45) is 5.73 Å². The van der Waals surface area contributed by atoms with Gasteiger partial charge in [0.2, 0.25) is 5.91 Å². The van der Waals surface area contributed by atoms with Crippen LogP contribution in [0.5, 0.6) is 0 Å². The van der Waals surface area contributed by atoms with E-state index in [1.807, 2.05) is 4.90 Å². The summed E-state index contributed by atoms with van der Waals surface area (Å²) in [7, 11) is 0. The molecule has 1 aliphatic rings. The van der Waals surface area contributed by atoms with Gasteiger partial charge in [-0.3, -0.25) is 9.59 Å². The van der Waals surface area contributed by atoms with Crippen molar-refractivity contribution in [3.63, 3.8) is 0 Å². The maximum atomic E-state index is 13.5. The molecule has 0 aliphatic carbocycles. The van der Waals surface area contributed by atoms with Crippen LogP contribution in [-0.2, 0) is 4.79 Å². The molecule has 0 spiro atoms. The first-order chi connectivity index (χ1) is 13.4. The van der Waals surface area contributed by atoms with E-state index in [0.717, 1.165) is 6.42 Å². The van der Waals surface area contributed by atoms with E-state index in [1.165, 1.54) is 12.1 Å². The zero-order valence-electron chi connectivity index (χ0n) is 15.5. The Hall–Kier alpha value is -3.42. The fourth-order valence-corrected chi connectivity index (χ4v) is 3.12. The van der Waals surface area contributed by atoms with Gasteiger partial charge in [0.1, 0.15) is 17.5 Å². The monoisotopic (exact) mass is 383 g/mol. The molecule has 28 heavy (non-hydrogen) atoms. The molecule has 3 rings (SSSR count). The highest BCUT2D eigenvalue weighted by atomic mass is 19.1. The molecule has 0 bridgehead atoms. The minimum absolute atomic E-state index is 0.000672. The lowest BCUT2D eigenvalue weighted by Gasteiger charge is -2.20. The first kappa shape index (κ1) is 19.3. The van der Waals surface area contributed by atoms with Crippen LogP contribution in [0.1, 0.15) is 22.3 Å². The van der Waals surface area contributed by atoms with Gasteiger partial charge < -0.3 is 21.3 Å². The molecule has 0 unspecified atom stereocenters. The lowest BCUT2D eigenvalue weighted by Crippen LogP contribution is -2.36. The number of carbonyl (C=O) groups excluding carboxylic acids is 2. The van der Waals surface area contributed by atoms with E-state index in [4.69, 9.17) is 5.73 Å². The van der Waals surface area contributed by atoms with Crippen molar-refractivity contribution in [2.75, 3.05) is 23.3 Å². The number of aromatic nitrogens is 1. The Kier molecular flexibility index (Phi) is 5.58. The lowest BCUT2D eigenvalue weighted by molar-refractivity contribution is -0.117. The average molecular weight is 383 g/mol. The molecule has 7 nitrogen and oxygen atoms in total. The maximum absolute atomic E-state index is 13.5. The number of hydrogen-bond acceptors (Lipinski definition) is 5. The Bertz CT molecular complexity index is 931. The van der Waals surface area contributed by atoms with E-state index in [9.17, 15) is 14.0 Å². The number of nitrogens with one attached hydrogen (secondary N) is 2. The Balaban J connectivity index is 1.83. The van der Waals surface area contributed by atoms with Crippen LogP contribution in [0.3, 0.4) is 0 Å². The second kappa shape index (κ2) is 8.08. The molecule has 2 aromatic rings. The molecule has 2 heterocycles. The standard InChI is InChI=1S/C20H22FN5O2/c1-3-18(27)23-14-8-9-26(11-14)17-7-5-15(19(22)28)20(25-17)24-13-4-6-16(21)12(2)10-13/h3-7,10,14H,1,8-9,11H2,2H3,(H2,22,28)(H,23,27)(H,24,25)/t14-/m0/s1. The van der Waals surface area contributed by atoms with Crippen molar-refractivity contribution < 1.29 is 14.0 Å². The number of primary amides is 1. The summed E-state index contributed by atoms with van der Waals surface area (Å²) in [6.45, 7) is 6.41. The number of aryl methyl sites for hydroxylation is 1. The van der Waals surface area contributed by atoms with E-state index in [2.05, 4.69) is 22.2 Å². The molecular formula is C20H22FN5O2. The van der Waals surface area contributed by atoms with Crippen LogP contribution in [0.2, 0.25) is 0 Å². The summed E-state index contributed by atoms with van der Waals surface area (Å²) in [4.78, 5) is 29.8. The molecule has 146 valence electrons. The quantitative estimate of drug-likeness (QED) is 0.665. The molecule has 0 saturated carbocycles. The van der Waals surface area contributed by atoms with Crippen molar-refractivity contribution in [3.05, 3.63) is 59.9 Å². The number of halogens is 1. The van der Waals surface area contributed by atoms with Crippen LogP contribution in [0.15, 0.2) is 43.0 Å². The van der Waals surface area contributed by atoms with Gasteiger partial charge in [0.05, 0.1) is 5.56 Å². The number of amides is 2. The number of nitrogens with two attached hydrogens (primary N) is 1. The first-order valence-corrected chi connectivity index (χ1v) is 8.89. The van der Waals surface area contributed by atoms with E-state index in [-0.39, 0.29) is 23.3 Å². The van der Waals surface area contributed by atoms with Crippen LogP contribution in [-0.4, -0.2) is 35.9 Å². The Morgan fingerprint density at radius 3 is 2.82 bits per heavy atom. The first-order valence-electron chi connectivity index (χ1n) is 8.89. The maximum Gasteiger partial charge on any atom is 0.252 e. The number of anilines is 3. The highest BCUT2D eigenvalue weighted by Crippen LogP contribution is 2.26. The van der Waals surface area contributed by atoms with Gasteiger partial charge in [-0.1, -0.05) is 6.58 Å². The SMILES string of the molecule is C=CC(=O)N[C@H]1CCN(c2ccc(C(N)=O)c(Nc3ccc(F)c(C)c3)n2)C1. The molecule has 1 saturated heterocycles. The third kappa shape index (κ3) is 4.28. The van der Waals surface area contributed by atoms with E-state index in [0.29, 0.717) is 36.0 Å². The highest BCUT2D eigenvalue weighted by Gasteiger charge is 2.25. The molecular weight excluding hydrogens is 361 g/mol. The molecule has 4 N–H and O–H groups in total. The van der Waals surface area contributed by atoms with Gasteiger partial charge in [0.25, 0.3) is 5.91 Å². The molecule has 1 fully saturated rings. The molecule has 0 radical (unpaired) electrons. The zero-order chi connectivity index (χ0) is 20.3. The Morgan fingerprint density at radius 2 is 2.14 bits per heavy atom. The van der Waals surface area contributed by atoms with Gasteiger partial charge >= 0.3 is 0 Å². The van der Waals surface area contributed by atoms with Gasteiger partial charge in [-0.05, 0) is 55.3 Å². The van der Waals surface area contributed by atoms with Crippen molar-refractivity contribution >= 4 is 29.1 Å². The number of carbonyl (C=O) groups is 2. The van der Waals surface area contributed by atoms with Crippen LogP contribution in [0, 0.1) is 12.7 Å². The number of hydrogen-bond donors (Lipinski definition) is 3. The molecule has 1 atom stereocenters. The van der Waals surface area contributed by atoms with Crippen LogP contribution >= 0.6 is 0 Å². The minimum Gasteiger partial charge on any atom is -0.365 e. The third-order valence-electron chi connectivity index (χ3n) is 4.61. The van der Waals surface area contributed by atoms with Crippen molar-refractivity contribution in [3.8, 4) is 0 Å². The molecule has 2 amide bonds. The predicted octanol–water partition coefficient (Wildman–Crippen LogP) is 2.25. The summed E-state index contributed by atoms with van der Waals surface area (Å²) in [5.74, 6) is -0.181. The van der Waals surface area contributed by atoms with Gasteiger partial charge in [-0.2, -0.15) is 0 Å². The van der Waals surface area contributed by atoms with E-state index < -0.39 is 5.91 Å². The summed E-state index contributed by atoms with van der Waals surface area (Å²) in [5, 5.41) is 5.92. The van der Waals surface area contributed by atoms with Crippen molar-refractivity contribution in [1.82, 2.24) is 10.3 Å². The number of nitrogens with zero attached hydrogens (tertiary/aromatic N) is 2. The summed E-state index contributed by atoms with van der Waals surface area (Å²) >= 11 is 0. The summed E-state index contributed by atoms with van der Waals surface area (Å²) in [6.07, 6.45) is 2.02. The fraction of sp³-hybridized carbons (Fsp3) is 0.250. The number of benzene rings is 1. The van der Waals surface area contributed by atoms with Crippen molar-refractivity contribution in [1.29, 1.82) is 0 Å². The number of rotatable bonds is 6. The summed E-state index contributed by atoms with van der Waals surface area (Å²) in [6, 6.07) is 7.87. The third-order valence-corrected chi connectivity index (χ3v) is 4.61. The van der Waals surface area contributed by atoms with Crippen molar-refractivity contribution in [2.45, 2.75) is 19.4 Å². The molecule has 1 aliphatic heterocycles. The summed E-state index contributed by atoms with van der Waals surface area (Å²) < 4.78 is 13.5. The van der Waals surface area contributed by atoms with Crippen LogP contribution < -0.4 is 21.3 Å². The van der Waals surface area contributed by atoms with Gasteiger partial charge in [-0.25, -0.2) is 9.37 Å². The smallest absolute Gasteiger partial charge is 0.252 e. The molecule has 1 aromatic carbocycles. The predicted molar refractivity (Wildman–Crippen MR) is 106 cm³/mol. The van der Waals surface area contributed by atoms with Gasteiger partial charge in [-0.15, -0.1) is 0 Å². The van der Waals surface area contributed by atoms with Gasteiger partial charge in [0.15, 0.2) is 0 Å². The molecule has 1 aromatic heterocycles. The Labute approximate surface area is 162 Å². The largest absolute Gasteiger partial charge is 0.365 e. The summed E-state index contributed by atoms with van der Waals surface area (Å²) in [5.41, 5.74) is 6.78. The van der Waals surface area contributed by atoms with E-state index in [1.54, 1.807) is 31.2 Å². The minimum atomic E-state index is -0.613. The highest BCUT2D eigenvalue weighted by molar-refractivity contribution is 5.98. The fourth-order valence-electron chi connectivity index (χ4n) is 3.12. The second-order valence-corrected chi connectivity index (χ2v) is 6.66. The second-order valence-electron chi connectivity index (χ2n) is 6.66. The van der Waals surface area contributed by atoms with Gasteiger partial charge in [0, 0.05) is 24.8 Å².